The molecule has 4 heterocycles. The van der Waals surface area contributed by atoms with Crippen molar-refractivity contribution >= 4 is 11.8 Å². The van der Waals surface area contributed by atoms with Crippen molar-refractivity contribution in [3.63, 3.8) is 0 Å². The summed E-state index contributed by atoms with van der Waals surface area (Å²) in [5, 5.41) is 13.1. The predicted molar refractivity (Wildman–Crippen MR) is 118 cm³/mol. The number of rotatable bonds is 4. The second kappa shape index (κ2) is 9.03. The molecule has 0 saturated carbocycles. The summed E-state index contributed by atoms with van der Waals surface area (Å²) >= 11 is 0. The summed E-state index contributed by atoms with van der Waals surface area (Å²) in [6.07, 6.45) is 6.23. The van der Waals surface area contributed by atoms with Crippen LogP contribution in [0.25, 0.3) is 0 Å². The van der Waals surface area contributed by atoms with Crippen LogP contribution in [0.2, 0.25) is 0 Å². The van der Waals surface area contributed by atoms with Crippen LogP contribution in [0.1, 0.15) is 94.0 Å². The Morgan fingerprint density at radius 2 is 1.78 bits per heavy atom. The minimum atomic E-state index is -0.367. The quantitative estimate of drug-likeness (QED) is 0.720. The van der Waals surface area contributed by atoms with Gasteiger partial charge in [0.1, 0.15) is 11.7 Å². The lowest BCUT2D eigenvalue weighted by Gasteiger charge is -2.35. The van der Waals surface area contributed by atoms with Crippen molar-refractivity contribution in [1.82, 2.24) is 29.8 Å². The molecule has 0 aromatic carbocycles. The van der Waals surface area contributed by atoms with Gasteiger partial charge in [0.15, 0.2) is 0 Å². The van der Waals surface area contributed by atoms with Gasteiger partial charge in [0.2, 0.25) is 17.7 Å². The van der Waals surface area contributed by atoms with Crippen molar-refractivity contribution in [2.45, 2.75) is 78.3 Å². The highest BCUT2D eigenvalue weighted by atomic mass is 16.4. The third-order valence-electron chi connectivity index (χ3n) is 6.46. The van der Waals surface area contributed by atoms with Crippen molar-refractivity contribution in [3.05, 3.63) is 29.7 Å². The standard InChI is InChI=1S/C23H34N6O3/c1-5-28-15-11-17(26-28)21(30)29-12-7-6-8-18(29)20-25-24-19(32-20)16-9-13-27(14-10-16)22(31)23(2,3)4/h11,15-16,18H,5-10,12-14H2,1-4H3/t18-/m1/s1. The SMILES string of the molecule is CCn1ccc(C(=O)N2CCCC[C@@H]2c2nnc(C3CCN(C(=O)C(C)(C)C)CC3)o2)n1. The molecular formula is C23H34N6O3. The average molecular weight is 443 g/mol. The first-order valence-electron chi connectivity index (χ1n) is 11.7. The van der Waals surface area contributed by atoms with Crippen molar-refractivity contribution in [2.24, 2.45) is 5.41 Å². The van der Waals surface area contributed by atoms with Gasteiger partial charge in [0, 0.05) is 43.7 Å². The molecule has 0 bridgehead atoms. The molecule has 9 nitrogen and oxygen atoms in total. The number of aromatic nitrogens is 4. The number of piperidine rings is 2. The Labute approximate surface area is 189 Å². The van der Waals surface area contributed by atoms with Gasteiger partial charge in [-0.1, -0.05) is 20.8 Å². The molecule has 174 valence electrons. The molecule has 2 fully saturated rings. The fraction of sp³-hybridized carbons (Fsp3) is 0.696. The van der Waals surface area contributed by atoms with E-state index in [1.54, 1.807) is 10.7 Å². The molecule has 2 amide bonds. The average Bonchev–Trinajstić information content (AvgIpc) is 3.47. The first-order chi connectivity index (χ1) is 15.3. The molecule has 0 aliphatic carbocycles. The number of nitrogens with zero attached hydrogens (tertiary/aromatic N) is 6. The zero-order valence-electron chi connectivity index (χ0n) is 19.6. The second-order valence-electron chi connectivity index (χ2n) is 9.86. The molecule has 1 atom stereocenters. The number of amides is 2. The largest absolute Gasteiger partial charge is 0.423 e. The van der Waals surface area contributed by atoms with E-state index in [4.69, 9.17) is 4.42 Å². The lowest BCUT2D eigenvalue weighted by Crippen LogP contribution is -2.43. The van der Waals surface area contributed by atoms with Gasteiger partial charge in [0.05, 0.1) is 0 Å². The second-order valence-corrected chi connectivity index (χ2v) is 9.86. The summed E-state index contributed by atoms with van der Waals surface area (Å²) in [4.78, 5) is 29.4. The van der Waals surface area contributed by atoms with E-state index in [0.717, 1.165) is 38.6 Å². The highest BCUT2D eigenvalue weighted by Gasteiger charge is 2.36. The van der Waals surface area contributed by atoms with E-state index in [1.807, 2.05) is 43.7 Å². The lowest BCUT2D eigenvalue weighted by atomic mass is 9.91. The minimum Gasteiger partial charge on any atom is -0.423 e. The molecule has 0 N–H and O–H groups in total. The van der Waals surface area contributed by atoms with Gasteiger partial charge in [-0.05, 0) is 45.1 Å². The summed E-state index contributed by atoms with van der Waals surface area (Å²) < 4.78 is 7.88. The van der Waals surface area contributed by atoms with Gasteiger partial charge in [-0.25, -0.2) is 0 Å². The summed E-state index contributed by atoms with van der Waals surface area (Å²) in [6, 6.07) is 1.55. The maximum absolute atomic E-state index is 13.1. The van der Waals surface area contributed by atoms with E-state index in [2.05, 4.69) is 15.3 Å². The Kier molecular flexibility index (Phi) is 6.35. The summed E-state index contributed by atoms with van der Waals surface area (Å²) in [5.41, 5.74) is 0.0865. The first kappa shape index (κ1) is 22.5. The molecule has 0 unspecified atom stereocenters. The fourth-order valence-corrected chi connectivity index (χ4v) is 4.58. The van der Waals surface area contributed by atoms with Gasteiger partial charge in [-0.3, -0.25) is 14.3 Å². The van der Waals surface area contributed by atoms with Gasteiger partial charge in [-0.15, -0.1) is 10.2 Å². The highest BCUT2D eigenvalue weighted by molar-refractivity contribution is 5.92. The molecule has 2 aliphatic heterocycles. The topological polar surface area (TPSA) is 97.4 Å². The highest BCUT2D eigenvalue weighted by Crippen LogP contribution is 2.34. The fourth-order valence-electron chi connectivity index (χ4n) is 4.58. The minimum absolute atomic E-state index is 0.0874. The maximum atomic E-state index is 13.1. The molecule has 32 heavy (non-hydrogen) atoms. The third-order valence-corrected chi connectivity index (χ3v) is 6.46. The van der Waals surface area contributed by atoms with Crippen LogP contribution in [0.4, 0.5) is 0 Å². The monoisotopic (exact) mass is 442 g/mol. The number of aryl methyl sites for hydroxylation is 1. The Balaban J connectivity index is 1.44. The van der Waals surface area contributed by atoms with Gasteiger partial charge in [-0.2, -0.15) is 5.10 Å². The Hall–Kier alpha value is -2.71. The zero-order chi connectivity index (χ0) is 22.9. The van der Waals surface area contributed by atoms with Gasteiger partial charge in [0.25, 0.3) is 5.91 Å². The molecule has 9 heteroatoms. The number of hydrogen-bond donors (Lipinski definition) is 0. The smallest absolute Gasteiger partial charge is 0.275 e. The van der Waals surface area contributed by atoms with E-state index >= 15 is 0 Å². The van der Waals surface area contributed by atoms with Gasteiger partial charge < -0.3 is 14.2 Å². The van der Waals surface area contributed by atoms with Crippen LogP contribution in [0, 0.1) is 5.41 Å². The molecule has 0 radical (unpaired) electrons. The van der Waals surface area contributed by atoms with E-state index < -0.39 is 0 Å². The molecule has 2 saturated heterocycles. The summed E-state index contributed by atoms with van der Waals surface area (Å²) in [6.45, 7) is 10.6. The van der Waals surface area contributed by atoms with Crippen LogP contribution in [0.3, 0.4) is 0 Å². The number of carbonyl (C=O) groups excluding carboxylic acids is 2. The molecule has 0 spiro atoms. The van der Waals surface area contributed by atoms with Crippen LogP contribution in [0.15, 0.2) is 16.7 Å². The van der Waals surface area contributed by atoms with Crippen molar-refractivity contribution in [1.29, 1.82) is 0 Å². The van der Waals surface area contributed by atoms with Crippen molar-refractivity contribution < 1.29 is 14.0 Å². The zero-order valence-corrected chi connectivity index (χ0v) is 19.6. The van der Waals surface area contributed by atoms with E-state index in [1.165, 1.54) is 0 Å². The third kappa shape index (κ3) is 4.56. The Bertz CT molecular complexity index is 951. The Morgan fingerprint density at radius 3 is 2.44 bits per heavy atom. The predicted octanol–water partition coefficient (Wildman–Crippen LogP) is 3.41. The molecule has 2 aromatic rings. The molecule has 2 aromatic heterocycles. The van der Waals surface area contributed by atoms with Crippen LogP contribution < -0.4 is 0 Å². The summed E-state index contributed by atoms with van der Waals surface area (Å²) in [5.74, 6) is 1.38. The Morgan fingerprint density at radius 1 is 1.06 bits per heavy atom. The van der Waals surface area contributed by atoms with Crippen LogP contribution in [-0.2, 0) is 11.3 Å². The molecule has 2 aliphatic rings. The number of hydrogen-bond acceptors (Lipinski definition) is 6. The van der Waals surface area contributed by atoms with Crippen LogP contribution in [-0.4, -0.2) is 61.2 Å². The lowest BCUT2D eigenvalue weighted by molar-refractivity contribution is -0.140. The normalized spacial score (nSPS) is 20.6. The maximum Gasteiger partial charge on any atom is 0.275 e. The van der Waals surface area contributed by atoms with Crippen molar-refractivity contribution in [3.8, 4) is 0 Å². The van der Waals surface area contributed by atoms with Crippen molar-refractivity contribution in [2.75, 3.05) is 19.6 Å². The number of carbonyl (C=O) groups is 2. The van der Waals surface area contributed by atoms with Gasteiger partial charge >= 0.3 is 0 Å². The molecule has 4 rings (SSSR count). The number of likely N-dealkylation sites (tertiary alicyclic amines) is 2. The van der Waals surface area contributed by atoms with E-state index in [-0.39, 0.29) is 29.2 Å². The molecular weight excluding hydrogens is 408 g/mol. The van der Waals surface area contributed by atoms with Crippen LogP contribution >= 0.6 is 0 Å². The van der Waals surface area contributed by atoms with E-state index in [0.29, 0.717) is 37.1 Å². The summed E-state index contributed by atoms with van der Waals surface area (Å²) in [7, 11) is 0. The van der Waals surface area contributed by atoms with Crippen LogP contribution in [0.5, 0.6) is 0 Å². The first-order valence-corrected chi connectivity index (χ1v) is 11.7. The van der Waals surface area contributed by atoms with E-state index in [9.17, 15) is 9.59 Å².